The van der Waals surface area contributed by atoms with Gasteiger partial charge in [0, 0.05) is 43.8 Å². The van der Waals surface area contributed by atoms with Crippen LogP contribution in [0.4, 0.5) is 0 Å². The fourth-order valence-corrected chi connectivity index (χ4v) is 4.18. The standard InChI is InChI=1S/C21H24ClN5O2/c1-13-20(26(2)12-23-13)18-11-17(24-25-18)19-10-16(7-8-29-19)27(3)21(28)14-5-4-6-15(22)9-14/h4-6,9,12,16,19H,7-8,10-11H2,1-3H3/t16-,19+/m1/s1. The number of nitrogens with zero attached hydrogens (tertiary/aromatic N) is 5. The maximum Gasteiger partial charge on any atom is 0.253 e. The van der Waals surface area contributed by atoms with Gasteiger partial charge in [-0.15, -0.1) is 0 Å². The molecule has 1 aromatic heterocycles. The van der Waals surface area contributed by atoms with Crippen molar-refractivity contribution in [1.29, 1.82) is 0 Å². The molecule has 0 saturated carbocycles. The first-order chi connectivity index (χ1) is 13.9. The van der Waals surface area contributed by atoms with Crippen LogP contribution < -0.4 is 0 Å². The summed E-state index contributed by atoms with van der Waals surface area (Å²) in [4.78, 5) is 19.0. The Bertz CT molecular complexity index is 977. The summed E-state index contributed by atoms with van der Waals surface area (Å²) in [6.07, 6.45) is 3.78. The van der Waals surface area contributed by atoms with Crippen molar-refractivity contribution < 1.29 is 9.53 Å². The van der Waals surface area contributed by atoms with Crippen molar-refractivity contribution in [1.82, 2.24) is 14.5 Å². The number of benzene rings is 1. The van der Waals surface area contributed by atoms with Crippen molar-refractivity contribution >= 4 is 28.9 Å². The molecule has 8 heteroatoms. The number of amides is 1. The van der Waals surface area contributed by atoms with Gasteiger partial charge < -0.3 is 14.2 Å². The van der Waals surface area contributed by atoms with Gasteiger partial charge in [0.2, 0.25) is 0 Å². The summed E-state index contributed by atoms with van der Waals surface area (Å²) >= 11 is 6.04. The highest BCUT2D eigenvalue weighted by Crippen LogP contribution is 2.25. The molecule has 152 valence electrons. The minimum absolute atomic E-state index is 0.0334. The fraction of sp³-hybridized carbons (Fsp3) is 0.429. The Morgan fingerprint density at radius 1 is 1.34 bits per heavy atom. The third kappa shape index (κ3) is 3.97. The van der Waals surface area contributed by atoms with Crippen molar-refractivity contribution in [2.75, 3.05) is 13.7 Å². The molecule has 0 aliphatic carbocycles. The van der Waals surface area contributed by atoms with E-state index in [1.54, 1.807) is 35.5 Å². The van der Waals surface area contributed by atoms with E-state index in [1.807, 2.05) is 25.6 Å². The topological polar surface area (TPSA) is 72.1 Å². The average molecular weight is 414 g/mol. The second kappa shape index (κ2) is 8.08. The molecule has 1 amide bonds. The lowest BCUT2D eigenvalue weighted by molar-refractivity contribution is 0.0129. The molecule has 1 aromatic carbocycles. The zero-order valence-corrected chi connectivity index (χ0v) is 17.6. The Kier molecular flexibility index (Phi) is 5.52. The number of ether oxygens (including phenoxy) is 1. The Hall–Kier alpha value is -2.51. The van der Waals surface area contributed by atoms with Gasteiger partial charge in [-0.3, -0.25) is 4.79 Å². The number of aromatic nitrogens is 2. The van der Waals surface area contributed by atoms with Gasteiger partial charge in [0.15, 0.2) is 0 Å². The maximum atomic E-state index is 12.9. The number of imidazole rings is 1. The summed E-state index contributed by atoms with van der Waals surface area (Å²) < 4.78 is 7.95. The minimum Gasteiger partial charge on any atom is -0.372 e. The molecule has 0 N–H and O–H groups in total. The van der Waals surface area contributed by atoms with E-state index in [0.29, 0.717) is 30.0 Å². The molecule has 0 bridgehead atoms. The smallest absolute Gasteiger partial charge is 0.253 e. The Labute approximate surface area is 175 Å². The number of carbonyl (C=O) groups excluding carboxylic acids is 1. The first-order valence-corrected chi connectivity index (χ1v) is 10.1. The van der Waals surface area contributed by atoms with E-state index in [9.17, 15) is 4.79 Å². The lowest BCUT2D eigenvalue weighted by Crippen LogP contribution is -2.45. The molecule has 2 aliphatic heterocycles. The Morgan fingerprint density at radius 3 is 2.90 bits per heavy atom. The number of hydrogen-bond donors (Lipinski definition) is 0. The normalized spacial score (nSPS) is 21.7. The molecule has 7 nitrogen and oxygen atoms in total. The zero-order valence-electron chi connectivity index (χ0n) is 16.8. The summed E-state index contributed by atoms with van der Waals surface area (Å²) in [6, 6.07) is 7.13. The monoisotopic (exact) mass is 413 g/mol. The minimum atomic E-state index is -0.141. The van der Waals surface area contributed by atoms with Crippen LogP contribution in [0.2, 0.25) is 5.02 Å². The van der Waals surface area contributed by atoms with Gasteiger partial charge in [-0.2, -0.15) is 10.2 Å². The molecule has 1 saturated heterocycles. The van der Waals surface area contributed by atoms with Crippen molar-refractivity contribution in [3.63, 3.8) is 0 Å². The number of rotatable bonds is 4. The number of halogens is 1. The summed E-state index contributed by atoms with van der Waals surface area (Å²) in [5.41, 5.74) is 4.36. The van der Waals surface area contributed by atoms with Crippen LogP contribution in [0, 0.1) is 6.92 Å². The molecule has 4 rings (SSSR count). The molecular weight excluding hydrogens is 390 g/mol. The van der Waals surface area contributed by atoms with Crippen molar-refractivity contribution in [3.8, 4) is 0 Å². The molecule has 0 unspecified atom stereocenters. The lowest BCUT2D eigenvalue weighted by Gasteiger charge is -2.35. The average Bonchev–Trinajstić information content (AvgIpc) is 3.33. The molecule has 0 radical (unpaired) electrons. The van der Waals surface area contributed by atoms with Crippen LogP contribution in [-0.2, 0) is 11.8 Å². The predicted molar refractivity (Wildman–Crippen MR) is 113 cm³/mol. The van der Waals surface area contributed by atoms with Crippen molar-refractivity contribution in [2.45, 2.75) is 38.3 Å². The molecular formula is C21H24ClN5O2. The zero-order chi connectivity index (χ0) is 20.5. The third-order valence-corrected chi connectivity index (χ3v) is 5.84. The van der Waals surface area contributed by atoms with E-state index < -0.39 is 0 Å². The lowest BCUT2D eigenvalue weighted by atomic mass is 9.95. The highest BCUT2D eigenvalue weighted by molar-refractivity contribution is 6.31. The highest BCUT2D eigenvalue weighted by Gasteiger charge is 2.33. The van der Waals surface area contributed by atoms with Crippen LogP contribution in [-0.4, -0.2) is 57.6 Å². The van der Waals surface area contributed by atoms with Gasteiger partial charge >= 0.3 is 0 Å². The summed E-state index contributed by atoms with van der Waals surface area (Å²) in [5, 5.41) is 9.35. The van der Waals surface area contributed by atoms with Gasteiger partial charge in [0.05, 0.1) is 35.2 Å². The van der Waals surface area contributed by atoms with Gasteiger partial charge in [-0.1, -0.05) is 17.7 Å². The molecule has 0 spiro atoms. The summed E-state index contributed by atoms with van der Waals surface area (Å²) in [7, 11) is 3.80. The van der Waals surface area contributed by atoms with E-state index in [4.69, 9.17) is 16.3 Å². The molecule has 3 heterocycles. The predicted octanol–water partition coefficient (Wildman–Crippen LogP) is 3.25. The van der Waals surface area contributed by atoms with Gasteiger partial charge in [-0.25, -0.2) is 4.98 Å². The maximum absolute atomic E-state index is 12.9. The molecule has 2 aliphatic rings. The molecule has 1 fully saturated rings. The van der Waals surface area contributed by atoms with E-state index >= 15 is 0 Å². The Balaban J connectivity index is 1.42. The number of carbonyl (C=O) groups is 1. The van der Waals surface area contributed by atoms with Crippen molar-refractivity contribution in [2.24, 2.45) is 17.3 Å². The SMILES string of the molecule is Cc1ncn(C)c1C1=NN=C([C@@H]2C[C@H](N(C)C(=O)c3cccc(Cl)c3)CCO2)C1. The van der Waals surface area contributed by atoms with Gasteiger partial charge in [-0.05, 0) is 38.0 Å². The first kappa shape index (κ1) is 19.8. The van der Waals surface area contributed by atoms with E-state index in [0.717, 1.165) is 29.2 Å². The quantitative estimate of drug-likeness (QED) is 0.772. The van der Waals surface area contributed by atoms with Gasteiger partial charge in [0.1, 0.15) is 0 Å². The Morgan fingerprint density at radius 2 is 2.17 bits per heavy atom. The second-order valence-corrected chi connectivity index (χ2v) is 8.00. The second-order valence-electron chi connectivity index (χ2n) is 7.57. The van der Waals surface area contributed by atoms with Crippen LogP contribution in [0.15, 0.2) is 40.8 Å². The van der Waals surface area contributed by atoms with Crippen LogP contribution in [0.25, 0.3) is 0 Å². The van der Waals surface area contributed by atoms with Crippen LogP contribution in [0.1, 0.15) is 41.0 Å². The van der Waals surface area contributed by atoms with Crippen LogP contribution in [0.5, 0.6) is 0 Å². The van der Waals surface area contributed by atoms with Gasteiger partial charge in [0.25, 0.3) is 5.91 Å². The van der Waals surface area contributed by atoms with Crippen LogP contribution >= 0.6 is 11.6 Å². The third-order valence-electron chi connectivity index (χ3n) is 5.61. The van der Waals surface area contributed by atoms with Crippen molar-refractivity contribution in [3.05, 3.63) is 52.6 Å². The van der Waals surface area contributed by atoms with E-state index in [1.165, 1.54) is 0 Å². The summed E-state index contributed by atoms with van der Waals surface area (Å²) in [6.45, 7) is 2.56. The molecule has 2 aromatic rings. The van der Waals surface area contributed by atoms with E-state index in [2.05, 4.69) is 15.2 Å². The number of aryl methyl sites for hydroxylation is 2. The largest absolute Gasteiger partial charge is 0.372 e. The van der Waals surface area contributed by atoms with Crippen LogP contribution in [0.3, 0.4) is 0 Å². The van der Waals surface area contributed by atoms with E-state index in [-0.39, 0.29) is 18.1 Å². The summed E-state index contributed by atoms with van der Waals surface area (Å²) in [5.74, 6) is -0.0334. The fourth-order valence-electron chi connectivity index (χ4n) is 3.99. The molecule has 29 heavy (non-hydrogen) atoms. The highest BCUT2D eigenvalue weighted by atomic mass is 35.5. The molecule has 2 atom stereocenters. The first-order valence-electron chi connectivity index (χ1n) is 9.70. The number of hydrogen-bond acceptors (Lipinski definition) is 5.